The van der Waals surface area contributed by atoms with Crippen molar-refractivity contribution in [2.75, 3.05) is 6.54 Å². The summed E-state index contributed by atoms with van der Waals surface area (Å²) in [4.78, 5) is 29.8. The van der Waals surface area contributed by atoms with Gasteiger partial charge in [-0.3, -0.25) is 9.36 Å². The summed E-state index contributed by atoms with van der Waals surface area (Å²) in [5.41, 5.74) is 2.26. The minimum absolute atomic E-state index is 0.0703. The van der Waals surface area contributed by atoms with Crippen LogP contribution in [0.25, 0.3) is 11.0 Å². The van der Waals surface area contributed by atoms with Crippen molar-refractivity contribution < 1.29 is 9.90 Å². The van der Waals surface area contributed by atoms with E-state index in [9.17, 15) is 14.7 Å². The van der Waals surface area contributed by atoms with E-state index in [2.05, 4.69) is 4.98 Å². The molecule has 1 N–H and O–H groups in total. The van der Waals surface area contributed by atoms with Crippen LogP contribution in [0.3, 0.4) is 0 Å². The van der Waals surface area contributed by atoms with Gasteiger partial charge in [0.1, 0.15) is 5.65 Å². The van der Waals surface area contributed by atoms with Crippen molar-refractivity contribution in [1.82, 2.24) is 14.5 Å². The Kier molecular flexibility index (Phi) is 2.92. The van der Waals surface area contributed by atoms with Gasteiger partial charge in [-0.15, -0.1) is 0 Å². The molecule has 0 radical (unpaired) electrons. The number of carbonyl (C=O) groups is 1. The van der Waals surface area contributed by atoms with E-state index >= 15 is 0 Å². The largest absolute Gasteiger partial charge is 0.465 e. The summed E-state index contributed by atoms with van der Waals surface area (Å²) in [6.07, 6.45) is 3.62. The van der Waals surface area contributed by atoms with E-state index in [1.54, 1.807) is 10.8 Å². The monoisotopic (exact) mass is 299 g/mol. The van der Waals surface area contributed by atoms with E-state index in [1.165, 1.54) is 4.90 Å². The minimum atomic E-state index is -0.968. The molecule has 0 spiro atoms. The van der Waals surface area contributed by atoms with Gasteiger partial charge in [0, 0.05) is 30.2 Å². The van der Waals surface area contributed by atoms with E-state index in [0.717, 1.165) is 29.4 Å². The van der Waals surface area contributed by atoms with E-state index in [1.807, 2.05) is 12.1 Å². The van der Waals surface area contributed by atoms with Crippen molar-refractivity contribution in [1.29, 1.82) is 0 Å². The number of aromatic nitrogens is 2. The summed E-state index contributed by atoms with van der Waals surface area (Å²) in [6, 6.07) is 3.86. The molecule has 1 aliphatic carbocycles. The molecular weight excluding hydrogens is 282 g/mol. The van der Waals surface area contributed by atoms with Gasteiger partial charge >= 0.3 is 6.09 Å². The van der Waals surface area contributed by atoms with Crippen LogP contribution in [0.4, 0.5) is 4.79 Å². The van der Waals surface area contributed by atoms with Gasteiger partial charge in [-0.1, -0.05) is 0 Å². The summed E-state index contributed by atoms with van der Waals surface area (Å²) in [6.45, 7) is 1.30. The van der Waals surface area contributed by atoms with E-state index in [-0.39, 0.29) is 12.1 Å². The van der Waals surface area contributed by atoms with Crippen molar-refractivity contribution in [3.05, 3.63) is 39.8 Å². The lowest BCUT2D eigenvalue weighted by atomic mass is 9.97. The molecule has 114 valence electrons. The molecule has 3 heterocycles. The molecule has 2 aromatic heterocycles. The normalized spacial score (nSPS) is 17.5. The summed E-state index contributed by atoms with van der Waals surface area (Å²) < 4.78 is 1.75. The Labute approximate surface area is 127 Å². The lowest BCUT2D eigenvalue weighted by Crippen LogP contribution is -2.40. The minimum Gasteiger partial charge on any atom is -0.465 e. The summed E-state index contributed by atoms with van der Waals surface area (Å²) >= 11 is 0. The Bertz CT molecular complexity index is 823. The van der Waals surface area contributed by atoms with Crippen LogP contribution >= 0.6 is 0 Å². The molecule has 4 rings (SSSR count). The Morgan fingerprint density at radius 2 is 2.18 bits per heavy atom. The second-order valence-corrected chi connectivity index (χ2v) is 6.14. The van der Waals surface area contributed by atoms with Crippen molar-refractivity contribution >= 4 is 17.1 Å². The molecule has 22 heavy (non-hydrogen) atoms. The van der Waals surface area contributed by atoms with Crippen molar-refractivity contribution in [3.63, 3.8) is 0 Å². The van der Waals surface area contributed by atoms with Crippen LogP contribution in [0.2, 0.25) is 0 Å². The van der Waals surface area contributed by atoms with Crippen LogP contribution in [0.1, 0.15) is 24.0 Å². The molecule has 1 aliphatic heterocycles. The quantitative estimate of drug-likeness (QED) is 0.918. The Morgan fingerprint density at radius 1 is 1.36 bits per heavy atom. The van der Waals surface area contributed by atoms with Gasteiger partial charge in [-0.25, -0.2) is 9.78 Å². The van der Waals surface area contributed by atoms with Crippen LogP contribution in [0, 0.1) is 5.92 Å². The molecule has 0 saturated heterocycles. The van der Waals surface area contributed by atoms with Gasteiger partial charge in [-0.05, 0) is 42.9 Å². The first-order chi connectivity index (χ1) is 10.6. The van der Waals surface area contributed by atoms with Crippen molar-refractivity contribution in [3.8, 4) is 0 Å². The molecule has 0 unspecified atom stereocenters. The second-order valence-electron chi connectivity index (χ2n) is 6.14. The zero-order chi connectivity index (χ0) is 15.3. The molecule has 6 heteroatoms. The molecule has 6 nitrogen and oxygen atoms in total. The van der Waals surface area contributed by atoms with Gasteiger partial charge in [0.15, 0.2) is 0 Å². The summed E-state index contributed by atoms with van der Waals surface area (Å²) in [5, 5.41) is 10.2. The molecular formula is C16H17N3O3. The van der Waals surface area contributed by atoms with Gasteiger partial charge in [0.25, 0.3) is 5.56 Å². The zero-order valence-corrected chi connectivity index (χ0v) is 12.2. The maximum Gasteiger partial charge on any atom is 0.407 e. The number of fused-ring (bicyclic) bond motifs is 3. The van der Waals surface area contributed by atoms with Crippen LogP contribution in [-0.4, -0.2) is 32.2 Å². The van der Waals surface area contributed by atoms with Gasteiger partial charge in [-0.2, -0.15) is 0 Å². The topological polar surface area (TPSA) is 75.4 Å². The Hall–Kier alpha value is -2.37. The lowest BCUT2D eigenvalue weighted by Gasteiger charge is -2.27. The van der Waals surface area contributed by atoms with Gasteiger partial charge < -0.3 is 10.0 Å². The molecule has 0 aromatic carbocycles. The maximum atomic E-state index is 12.9. The van der Waals surface area contributed by atoms with E-state index in [0.29, 0.717) is 31.0 Å². The number of pyridine rings is 2. The predicted octanol–water partition coefficient (Wildman–Crippen LogP) is 1.84. The fourth-order valence-corrected chi connectivity index (χ4v) is 3.25. The fraction of sp³-hybridized carbons (Fsp3) is 0.438. The third-order valence-electron chi connectivity index (χ3n) is 4.62. The number of hydrogen-bond donors (Lipinski definition) is 1. The summed E-state index contributed by atoms with van der Waals surface area (Å²) in [7, 11) is 0. The van der Waals surface area contributed by atoms with Gasteiger partial charge in [0.05, 0.1) is 6.54 Å². The number of amides is 1. The van der Waals surface area contributed by atoms with Crippen LogP contribution < -0.4 is 5.56 Å². The molecule has 2 aliphatic rings. The standard InChI is InChI=1S/C16H17N3O3/c20-15-13-9-18(16(21)22)7-5-11(13)12-2-1-6-17-14(12)19(15)8-10-3-4-10/h1-2,6,10H,3-5,7-9H2,(H,21,22). The zero-order valence-electron chi connectivity index (χ0n) is 12.2. The SMILES string of the molecule is O=C(O)N1CCc2c(c(=O)n(CC3CC3)c3ncccc23)C1. The van der Waals surface area contributed by atoms with Crippen LogP contribution in [0.5, 0.6) is 0 Å². The van der Waals surface area contributed by atoms with E-state index in [4.69, 9.17) is 0 Å². The highest BCUT2D eigenvalue weighted by molar-refractivity contribution is 5.81. The smallest absolute Gasteiger partial charge is 0.407 e. The lowest BCUT2D eigenvalue weighted by molar-refractivity contribution is 0.139. The highest BCUT2D eigenvalue weighted by atomic mass is 16.4. The highest BCUT2D eigenvalue weighted by Gasteiger charge is 2.28. The van der Waals surface area contributed by atoms with Crippen LogP contribution in [0.15, 0.2) is 23.1 Å². The number of carboxylic acid groups (broad SMARTS) is 1. The molecule has 2 aromatic rings. The maximum absolute atomic E-state index is 12.9. The number of nitrogens with zero attached hydrogens (tertiary/aromatic N) is 3. The Morgan fingerprint density at radius 3 is 2.91 bits per heavy atom. The first-order valence-electron chi connectivity index (χ1n) is 7.62. The highest BCUT2D eigenvalue weighted by Crippen LogP contribution is 2.32. The van der Waals surface area contributed by atoms with E-state index < -0.39 is 6.09 Å². The first kappa shape index (κ1) is 13.3. The average Bonchev–Trinajstić information content (AvgIpc) is 3.35. The number of rotatable bonds is 2. The molecule has 1 fully saturated rings. The predicted molar refractivity (Wildman–Crippen MR) is 80.9 cm³/mol. The fourth-order valence-electron chi connectivity index (χ4n) is 3.25. The molecule has 0 bridgehead atoms. The van der Waals surface area contributed by atoms with Crippen LogP contribution in [-0.2, 0) is 19.5 Å². The van der Waals surface area contributed by atoms with Crippen molar-refractivity contribution in [2.24, 2.45) is 5.92 Å². The molecule has 0 atom stereocenters. The van der Waals surface area contributed by atoms with Crippen molar-refractivity contribution in [2.45, 2.75) is 32.4 Å². The molecule has 1 saturated carbocycles. The Balaban J connectivity index is 1.93. The number of hydrogen-bond acceptors (Lipinski definition) is 3. The molecule has 1 amide bonds. The second kappa shape index (κ2) is 4.83. The first-order valence-corrected chi connectivity index (χ1v) is 7.62. The average molecular weight is 299 g/mol. The van der Waals surface area contributed by atoms with Gasteiger partial charge in [0.2, 0.25) is 0 Å². The summed E-state index contributed by atoms with van der Waals surface area (Å²) in [5.74, 6) is 0.556. The third kappa shape index (κ3) is 2.06. The third-order valence-corrected chi connectivity index (χ3v) is 4.62.